The van der Waals surface area contributed by atoms with Crippen LogP contribution in [0.5, 0.6) is 5.75 Å². The van der Waals surface area contributed by atoms with Gasteiger partial charge in [-0.1, -0.05) is 6.92 Å². The minimum absolute atomic E-state index is 0.264. The van der Waals surface area contributed by atoms with Crippen molar-refractivity contribution in [2.75, 3.05) is 0 Å². The molecule has 0 saturated heterocycles. The van der Waals surface area contributed by atoms with Gasteiger partial charge in [-0.15, -0.1) is 0 Å². The van der Waals surface area contributed by atoms with Crippen LogP contribution >= 0.6 is 0 Å². The molecule has 96 valence electrons. The number of fused-ring (bicyclic) bond motifs is 1. The maximum absolute atomic E-state index is 9.38. The van der Waals surface area contributed by atoms with Crippen LogP contribution in [-0.4, -0.2) is 19.6 Å². The highest BCUT2D eigenvalue weighted by Crippen LogP contribution is 2.25. The van der Waals surface area contributed by atoms with Crippen LogP contribution in [-0.2, 0) is 6.54 Å². The summed E-state index contributed by atoms with van der Waals surface area (Å²) >= 11 is 0. The van der Waals surface area contributed by atoms with Crippen LogP contribution in [0.25, 0.3) is 22.6 Å². The largest absolute Gasteiger partial charge is 0.508 e. The average Bonchev–Trinajstić information content (AvgIpc) is 2.79. The van der Waals surface area contributed by atoms with Gasteiger partial charge in [-0.05, 0) is 42.8 Å². The summed E-state index contributed by atoms with van der Waals surface area (Å²) in [5.74, 6) is 1.16. The number of benzene rings is 1. The molecule has 0 aliphatic carbocycles. The van der Waals surface area contributed by atoms with Gasteiger partial charge in [-0.3, -0.25) is 0 Å². The number of phenols is 1. The second-order valence-corrected chi connectivity index (χ2v) is 4.48. The van der Waals surface area contributed by atoms with Crippen LogP contribution in [0.3, 0.4) is 0 Å². The van der Waals surface area contributed by atoms with E-state index in [9.17, 15) is 5.11 Å². The molecule has 0 saturated carbocycles. The predicted molar refractivity (Wildman–Crippen MR) is 74.9 cm³/mol. The van der Waals surface area contributed by atoms with Crippen molar-refractivity contribution >= 4 is 11.2 Å². The first-order valence-corrected chi connectivity index (χ1v) is 6.40. The van der Waals surface area contributed by atoms with Crippen LogP contribution in [0.15, 0.2) is 42.6 Å². The molecule has 2 aromatic heterocycles. The van der Waals surface area contributed by atoms with Gasteiger partial charge in [-0.2, -0.15) is 0 Å². The summed E-state index contributed by atoms with van der Waals surface area (Å²) < 4.78 is 2.13. The predicted octanol–water partition coefficient (Wildman–Crippen LogP) is 3.21. The Kier molecular flexibility index (Phi) is 2.91. The molecule has 0 aliphatic heterocycles. The fraction of sp³-hybridized carbons (Fsp3) is 0.200. The Morgan fingerprint density at radius 2 is 1.95 bits per heavy atom. The Hall–Kier alpha value is -2.36. The summed E-state index contributed by atoms with van der Waals surface area (Å²) in [7, 11) is 0. The van der Waals surface area contributed by atoms with E-state index in [0.717, 1.165) is 35.5 Å². The Bertz CT molecular complexity index is 701. The summed E-state index contributed by atoms with van der Waals surface area (Å²) in [5.41, 5.74) is 2.80. The van der Waals surface area contributed by atoms with Gasteiger partial charge in [0, 0.05) is 18.3 Å². The molecule has 0 spiro atoms. The number of phenolic OH excluding ortho intramolecular Hbond substituents is 1. The zero-order valence-corrected chi connectivity index (χ0v) is 10.7. The van der Waals surface area contributed by atoms with E-state index in [1.165, 1.54) is 0 Å². The van der Waals surface area contributed by atoms with Crippen molar-refractivity contribution < 1.29 is 5.11 Å². The van der Waals surface area contributed by atoms with E-state index < -0.39 is 0 Å². The first-order valence-electron chi connectivity index (χ1n) is 6.40. The first-order chi connectivity index (χ1) is 9.29. The number of pyridine rings is 1. The molecule has 4 heteroatoms. The molecule has 0 atom stereocenters. The van der Waals surface area contributed by atoms with Crippen molar-refractivity contribution in [2.24, 2.45) is 0 Å². The lowest BCUT2D eigenvalue weighted by molar-refractivity contribution is 0.475. The van der Waals surface area contributed by atoms with Crippen LogP contribution in [0, 0.1) is 0 Å². The molecule has 0 unspecified atom stereocenters. The zero-order chi connectivity index (χ0) is 13.2. The lowest BCUT2D eigenvalue weighted by Crippen LogP contribution is -2.00. The van der Waals surface area contributed by atoms with Crippen molar-refractivity contribution in [3.8, 4) is 17.1 Å². The number of hydrogen-bond donors (Lipinski definition) is 1. The Labute approximate surface area is 111 Å². The SMILES string of the molecule is CCCn1c(-c2ccc(O)cc2)nc2cccnc21. The van der Waals surface area contributed by atoms with Gasteiger partial charge in [0.2, 0.25) is 0 Å². The summed E-state index contributed by atoms with van der Waals surface area (Å²) in [6, 6.07) is 11.0. The van der Waals surface area contributed by atoms with Crippen LogP contribution in [0.4, 0.5) is 0 Å². The lowest BCUT2D eigenvalue weighted by atomic mass is 10.2. The Morgan fingerprint density at radius 3 is 2.68 bits per heavy atom. The third-order valence-corrected chi connectivity index (χ3v) is 3.08. The summed E-state index contributed by atoms with van der Waals surface area (Å²) in [4.78, 5) is 9.06. The number of aromatic nitrogens is 3. The summed E-state index contributed by atoms with van der Waals surface area (Å²) in [6.45, 7) is 3.01. The molecule has 1 aromatic carbocycles. The van der Waals surface area contributed by atoms with E-state index in [2.05, 4.69) is 21.5 Å². The molecule has 0 fully saturated rings. The first kappa shape index (κ1) is 11.7. The normalized spacial score (nSPS) is 11.0. The minimum atomic E-state index is 0.264. The highest BCUT2D eigenvalue weighted by Gasteiger charge is 2.12. The smallest absolute Gasteiger partial charge is 0.160 e. The van der Waals surface area contributed by atoms with Gasteiger partial charge in [0.15, 0.2) is 5.65 Å². The van der Waals surface area contributed by atoms with Gasteiger partial charge in [-0.25, -0.2) is 9.97 Å². The second-order valence-electron chi connectivity index (χ2n) is 4.48. The fourth-order valence-corrected chi connectivity index (χ4v) is 2.22. The van der Waals surface area contributed by atoms with E-state index in [0.29, 0.717) is 0 Å². The van der Waals surface area contributed by atoms with Gasteiger partial charge in [0.1, 0.15) is 17.1 Å². The van der Waals surface area contributed by atoms with Crippen molar-refractivity contribution in [1.29, 1.82) is 0 Å². The summed E-state index contributed by atoms with van der Waals surface area (Å²) in [6.07, 6.45) is 2.81. The molecule has 3 aromatic rings. The third-order valence-electron chi connectivity index (χ3n) is 3.08. The number of nitrogens with zero attached hydrogens (tertiary/aromatic N) is 3. The number of aryl methyl sites for hydroxylation is 1. The van der Waals surface area contributed by atoms with Crippen LogP contribution in [0.2, 0.25) is 0 Å². The molecule has 2 heterocycles. The van der Waals surface area contributed by atoms with Gasteiger partial charge in [0.05, 0.1) is 0 Å². The number of aromatic hydroxyl groups is 1. The van der Waals surface area contributed by atoms with Gasteiger partial charge < -0.3 is 9.67 Å². The van der Waals surface area contributed by atoms with E-state index in [1.807, 2.05) is 24.3 Å². The number of imidazole rings is 1. The maximum Gasteiger partial charge on any atom is 0.160 e. The van der Waals surface area contributed by atoms with Crippen LogP contribution < -0.4 is 0 Å². The van der Waals surface area contributed by atoms with Crippen molar-refractivity contribution in [3.63, 3.8) is 0 Å². The zero-order valence-electron chi connectivity index (χ0n) is 10.7. The molecule has 3 rings (SSSR count). The molecule has 0 amide bonds. The Morgan fingerprint density at radius 1 is 1.16 bits per heavy atom. The van der Waals surface area contributed by atoms with Gasteiger partial charge >= 0.3 is 0 Å². The molecular weight excluding hydrogens is 238 g/mol. The minimum Gasteiger partial charge on any atom is -0.508 e. The fourth-order valence-electron chi connectivity index (χ4n) is 2.22. The molecule has 4 nitrogen and oxygen atoms in total. The van der Waals surface area contributed by atoms with Crippen LogP contribution in [0.1, 0.15) is 13.3 Å². The molecule has 1 N–H and O–H groups in total. The maximum atomic E-state index is 9.38. The van der Waals surface area contributed by atoms with Crippen molar-refractivity contribution in [1.82, 2.24) is 14.5 Å². The molecule has 0 bridgehead atoms. The van der Waals surface area contributed by atoms with Gasteiger partial charge in [0.25, 0.3) is 0 Å². The highest BCUT2D eigenvalue weighted by atomic mass is 16.3. The van der Waals surface area contributed by atoms with E-state index >= 15 is 0 Å². The number of rotatable bonds is 3. The lowest BCUT2D eigenvalue weighted by Gasteiger charge is -2.07. The molecule has 0 radical (unpaired) electrons. The Balaban J connectivity index is 2.21. The average molecular weight is 253 g/mol. The van der Waals surface area contributed by atoms with E-state index in [1.54, 1.807) is 18.3 Å². The van der Waals surface area contributed by atoms with E-state index in [-0.39, 0.29) is 5.75 Å². The van der Waals surface area contributed by atoms with Crippen molar-refractivity contribution in [3.05, 3.63) is 42.6 Å². The second kappa shape index (κ2) is 4.72. The van der Waals surface area contributed by atoms with E-state index in [4.69, 9.17) is 0 Å². The molecule has 0 aliphatic rings. The monoisotopic (exact) mass is 253 g/mol. The quantitative estimate of drug-likeness (QED) is 0.779. The third kappa shape index (κ3) is 2.05. The summed E-state index contributed by atoms with van der Waals surface area (Å²) in [5, 5.41) is 9.38. The number of hydrogen-bond acceptors (Lipinski definition) is 3. The molecular formula is C15H15N3O. The highest BCUT2D eigenvalue weighted by molar-refractivity contribution is 5.77. The topological polar surface area (TPSA) is 50.9 Å². The molecule has 19 heavy (non-hydrogen) atoms. The van der Waals surface area contributed by atoms with Crippen molar-refractivity contribution in [2.45, 2.75) is 19.9 Å². The standard InChI is InChI=1S/C15H15N3O/c1-2-10-18-14(11-5-7-12(19)8-6-11)17-13-4-3-9-16-15(13)18/h3-9,19H,2,10H2,1H3.